The number of nitrogens with one attached hydrogen (secondary N) is 2. The van der Waals surface area contributed by atoms with Crippen molar-refractivity contribution in [3.8, 4) is 11.5 Å². The van der Waals surface area contributed by atoms with Crippen LogP contribution < -0.4 is 20.1 Å². The Morgan fingerprint density at radius 1 is 1.24 bits per heavy atom. The van der Waals surface area contributed by atoms with E-state index in [9.17, 15) is 13.2 Å². The molecule has 0 aliphatic heterocycles. The fourth-order valence-corrected chi connectivity index (χ4v) is 3.25. The van der Waals surface area contributed by atoms with Gasteiger partial charge in [-0.15, -0.1) is 0 Å². The Balaban J connectivity index is 1.87. The molecule has 0 bridgehead atoms. The first kappa shape index (κ1) is 23.1. The van der Waals surface area contributed by atoms with Crippen molar-refractivity contribution in [2.45, 2.75) is 44.5 Å². The third kappa shape index (κ3) is 8.39. The van der Waals surface area contributed by atoms with Gasteiger partial charge in [0.1, 0.15) is 11.5 Å². The second-order valence-corrected chi connectivity index (χ2v) is 7.20. The zero-order chi connectivity index (χ0) is 21.3. The lowest BCUT2D eigenvalue weighted by Crippen LogP contribution is -2.42. The summed E-state index contributed by atoms with van der Waals surface area (Å²) in [5.74, 6) is 2.04. The predicted octanol–water partition coefficient (Wildman–Crippen LogP) is 3.18. The number of hydrogen-bond donors (Lipinski definition) is 2. The molecule has 0 aromatic heterocycles. The lowest BCUT2D eigenvalue weighted by atomic mass is 10.2. The number of rotatable bonds is 9. The summed E-state index contributed by atoms with van der Waals surface area (Å²) in [6.45, 7) is 0.137. The highest BCUT2D eigenvalue weighted by molar-refractivity contribution is 5.79. The van der Waals surface area contributed by atoms with Crippen molar-refractivity contribution in [2.75, 3.05) is 40.8 Å². The highest BCUT2D eigenvalue weighted by atomic mass is 19.4. The second-order valence-electron chi connectivity index (χ2n) is 7.20. The number of hydrogen-bond acceptors (Lipinski definition) is 4. The van der Waals surface area contributed by atoms with E-state index in [1.165, 1.54) is 24.8 Å². The van der Waals surface area contributed by atoms with Crippen molar-refractivity contribution in [1.29, 1.82) is 0 Å². The maximum atomic E-state index is 12.4. The molecule has 1 saturated carbocycles. The van der Waals surface area contributed by atoms with Gasteiger partial charge in [0, 0.05) is 38.3 Å². The van der Waals surface area contributed by atoms with Crippen LogP contribution >= 0.6 is 0 Å². The van der Waals surface area contributed by atoms with Gasteiger partial charge in [0.25, 0.3) is 0 Å². The number of guanidine groups is 1. The summed E-state index contributed by atoms with van der Waals surface area (Å²) in [6.07, 6.45) is 0.502. The second kappa shape index (κ2) is 11.1. The Labute approximate surface area is 170 Å². The smallest absolute Gasteiger partial charge is 0.401 e. The van der Waals surface area contributed by atoms with Gasteiger partial charge < -0.3 is 20.1 Å². The molecule has 9 heteroatoms. The first-order valence-electron chi connectivity index (χ1n) is 9.84. The molecule has 164 valence electrons. The molecular formula is C20H31F3N4O2. The molecule has 0 heterocycles. The number of nitrogens with zero attached hydrogens (tertiary/aromatic N) is 2. The van der Waals surface area contributed by atoms with E-state index in [-0.39, 0.29) is 12.6 Å². The van der Waals surface area contributed by atoms with Crippen LogP contribution in [0.5, 0.6) is 11.5 Å². The minimum Gasteiger partial charge on any atom is -0.497 e. The Hall–Kier alpha value is -2.16. The summed E-state index contributed by atoms with van der Waals surface area (Å²) in [4.78, 5) is 5.35. The van der Waals surface area contributed by atoms with Crippen molar-refractivity contribution >= 4 is 5.96 Å². The average Bonchev–Trinajstić information content (AvgIpc) is 3.16. The molecule has 2 rings (SSSR count). The molecular weight excluding hydrogens is 385 g/mol. The van der Waals surface area contributed by atoms with Crippen molar-refractivity contribution < 1.29 is 22.6 Å². The third-order valence-corrected chi connectivity index (χ3v) is 4.78. The van der Waals surface area contributed by atoms with E-state index in [1.807, 2.05) is 18.2 Å². The van der Waals surface area contributed by atoms with E-state index in [2.05, 4.69) is 15.6 Å². The Morgan fingerprint density at radius 3 is 2.59 bits per heavy atom. The molecule has 0 radical (unpaired) electrons. The van der Waals surface area contributed by atoms with Gasteiger partial charge in [-0.3, -0.25) is 9.89 Å². The van der Waals surface area contributed by atoms with Gasteiger partial charge in [-0.2, -0.15) is 13.2 Å². The SMILES string of the molecule is CN=C(NCCN(C)CC(F)(F)F)NCc1ccc(OC)cc1OC1CCCC1. The van der Waals surface area contributed by atoms with Gasteiger partial charge in [0.15, 0.2) is 5.96 Å². The molecule has 1 aromatic carbocycles. The van der Waals surface area contributed by atoms with E-state index < -0.39 is 12.7 Å². The van der Waals surface area contributed by atoms with Crippen LogP contribution in [0.4, 0.5) is 13.2 Å². The van der Waals surface area contributed by atoms with Crippen molar-refractivity contribution in [3.05, 3.63) is 23.8 Å². The van der Waals surface area contributed by atoms with Crippen LogP contribution in [0.2, 0.25) is 0 Å². The van der Waals surface area contributed by atoms with Crippen LogP contribution in [0.3, 0.4) is 0 Å². The molecule has 1 fully saturated rings. The van der Waals surface area contributed by atoms with Crippen LogP contribution in [-0.4, -0.2) is 64.0 Å². The minimum atomic E-state index is -4.20. The van der Waals surface area contributed by atoms with Crippen LogP contribution in [-0.2, 0) is 6.54 Å². The highest BCUT2D eigenvalue weighted by Crippen LogP contribution is 2.30. The molecule has 1 aliphatic carbocycles. The molecule has 1 aromatic rings. The molecule has 29 heavy (non-hydrogen) atoms. The fraction of sp³-hybridized carbons (Fsp3) is 0.650. The van der Waals surface area contributed by atoms with Gasteiger partial charge in [0.05, 0.1) is 19.8 Å². The van der Waals surface area contributed by atoms with Gasteiger partial charge in [-0.25, -0.2) is 0 Å². The van der Waals surface area contributed by atoms with E-state index in [0.29, 0.717) is 19.0 Å². The number of benzene rings is 1. The van der Waals surface area contributed by atoms with Gasteiger partial charge >= 0.3 is 6.18 Å². The van der Waals surface area contributed by atoms with E-state index in [0.717, 1.165) is 29.9 Å². The topological polar surface area (TPSA) is 58.1 Å². The molecule has 2 N–H and O–H groups in total. The number of ether oxygens (including phenoxy) is 2. The zero-order valence-electron chi connectivity index (χ0n) is 17.3. The largest absolute Gasteiger partial charge is 0.497 e. The summed E-state index contributed by atoms with van der Waals surface area (Å²) in [6, 6.07) is 5.71. The summed E-state index contributed by atoms with van der Waals surface area (Å²) in [5, 5.41) is 6.22. The third-order valence-electron chi connectivity index (χ3n) is 4.78. The number of aliphatic imine (C=N–C) groups is 1. The lowest BCUT2D eigenvalue weighted by molar-refractivity contribution is -0.142. The number of halogens is 3. The summed E-state index contributed by atoms with van der Waals surface area (Å²) < 4.78 is 48.6. The standard InChI is InChI=1S/C20H31F3N4O2/c1-24-19(25-10-11-27(2)14-20(21,22)23)26-13-15-8-9-17(28-3)12-18(15)29-16-6-4-5-7-16/h8-9,12,16H,4-7,10-11,13-14H2,1-3H3,(H2,24,25,26). The highest BCUT2D eigenvalue weighted by Gasteiger charge is 2.28. The number of likely N-dealkylation sites (N-methyl/N-ethyl adjacent to an activating group) is 1. The predicted molar refractivity (Wildman–Crippen MR) is 108 cm³/mol. The summed E-state index contributed by atoms with van der Waals surface area (Å²) in [5.41, 5.74) is 0.967. The maximum Gasteiger partial charge on any atom is 0.401 e. The quantitative estimate of drug-likeness (QED) is 0.478. The van der Waals surface area contributed by atoms with E-state index in [4.69, 9.17) is 9.47 Å². The molecule has 6 nitrogen and oxygen atoms in total. The lowest BCUT2D eigenvalue weighted by Gasteiger charge is -2.20. The first-order valence-corrected chi connectivity index (χ1v) is 9.84. The molecule has 1 aliphatic rings. The number of alkyl halides is 3. The van der Waals surface area contributed by atoms with Gasteiger partial charge in [-0.1, -0.05) is 0 Å². The zero-order valence-corrected chi connectivity index (χ0v) is 17.3. The van der Waals surface area contributed by atoms with E-state index in [1.54, 1.807) is 14.2 Å². The van der Waals surface area contributed by atoms with Crippen molar-refractivity contribution in [2.24, 2.45) is 4.99 Å². The van der Waals surface area contributed by atoms with Crippen molar-refractivity contribution in [1.82, 2.24) is 15.5 Å². The normalized spacial score (nSPS) is 15.6. The van der Waals surface area contributed by atoms with Crippen LogP contribution in [0.15, 0.2) is 23.2 Å². The molecule has 0 saturated heterocycles. The summed E-state index contributed by atoms with van der Waals surface area (Å²) >= 11 is 0. The van der Waals surface area contributed by atoms with Gasteiger partial charge in [0.2, 0.25) is 0 Å². The first-order chi connectivity index (χ1) is 13.8. The molecule has 0 spiro atoms. The Bertz CT molecular complexity index is 662. The van der Waals surface area contributed by atoms with Crippen LogP contribution in [0.1, 0.15) is 31.2 Å². The molecule has 0 atom stereocenters. The monoisotopic (exact) mass is 416 g/mol. The Morgan fingerprint density at radius 2 is 1.97 bits per heavy atom. The van der Waals surface area contributed by atoms with Gasteiger partial charge in [-0.05, 0) is 44.9 Å². The molecule has 0 amide bonds. The maximum absolute atomic E-state index is 12.4. The van der Waals surface area contributed by atoms with E-state index >= 15 is 0 Å². The minimum absolute atomic E-state index is 0.225. The summed E-state index contributed by atoms with van der Waals surface area (Å²) in [7, 11) is 4.68. The average molecular weight is 416 g/mol. The molecule has 0 unspecified atom stereocenters. The van der Waals surface area contributed by atoms with Crippen molar-refractivity contribution in [3.63, 3.8) is 0 Å². The fourth-order valence-electron chi connectivity index (χ4n) is 3.25. The Kier molecular flexibility index (Phi) is 8.88. The number of methoxy groups -OCH3 is 1. The van der Waals surface area contributed by atoms with Crippen LogP contribution in [0, 0.1) is 0 Å². The van der Waals surface area contributed by atoms with Crippen LogP contribution in [0.25, 0.3) is 0 Å².